The second-order valence-electron chi connectivity index (χ2n) is 5.93. The van der Waals surface area contributed by atoms with Gasteiger partial charge in [0.2, 0.25) is 0 Å². The van der Waals surface area contributed by atoms with Gasteiger partial charge in [-0.05, 0) is 37.8 Å². The Labute approximate surface area is 121 Å². The van der Waals surface area contributed by atoms with E-state index in [4.69, 9.17) is 0 Å². The fraction of sp³-hybridized carbons (Fsp3) is 0.688. The lowest BCUT2D eigenvalue weighted by Crippen LogP contribution is -2.43. The third kappa shape index (κ3) is 4.44. The zero-order valence-electron chi connectivity index (χ0n) is 12.7. The molecule has 1 atom stereocenters. The van der Waals surface area contributed by atoms with Gasteiger partial charge in [0.25, 0.3) is 0 Å². The largest absolute Gasteiger partial charge is 0.354 e. The lowest BCUT2D eigenvalue weighted by atomic mass is 9.95. The van der Waals surface area contributed by atoms with E-state index < -0.39 is 5.67 Å². The molecular weight excluding hydrogens is 253 g/mol. The smallest absolute Gasteiger partial charge is 0.128 e. The number of aromatic nitrogens is 1. The molecule has 1 saturated heterocycles. The van der Waals surface area contributed by atoms with Crippen LogP contribution in [0.1, 0.15) is 38.7 Å². The summed E-state index contributed by atoms with van der Waals surface area (Å²) in [4.78, 5) is 6.81. The van der Waals surface area contributed by atoms with Gasteiger partial charge in [-0.1, -0.05) is 19.4 Å². The van der Waals surface area contributed by atoms with Crippen molar-refractivity contribution in [3.63, 3.8) is 0 Å². The summed E-state index contributed by atoms with van der Waals surface area (Å²) in [7, 11) is 0. The summed E-state index contributed by atoms with van der Waals surface area (Å²) in [6, 6.07) is 4.16. The van der Waals surface area contributed by atoms with Gasteiger partial charge >= 0.3 is 0 Å². The van der Waals surface area contributed by atoms with Crippen molar-refractivity contribution in [1.29, 1.82) is 0 Å². The predicted octanol–water partition coefficient (Wildman–Crippen LogP) is 2.95. The molecular formula is C16H26FN3. The van der Waals surface area contributed by atoms with E-state index in [0.717, 1.165) is 50.4 Å². The zero-order valence-corrected chi connectivity index (χ0v) is 12.7. The molecule has 0 saturated carbocycles. The van der Waals surface area contributed by atoms with Crippen molar-refractivity contribution in [1.82, 2.24) is 10.3 Å². The van der Waals surface area contributed by atoms with Crippen molar-refractivity contribution < 1.29 is 4.39 Å². The van der Waals surface area contributed by atoms with E-state index in [1.807, 2.05) is 13.1 Å². The fourth-order valence-corrected chi connectivity index (χ4v) is 2.70. The van der Waals surface area contributed by atoms with Crippen LogP contribution in [0.15, 0.2) is 18.3 Å². The van der Waals surface area contributed by atoms with E-state index in [-0.39, 0.29) is 0 Å². The van der Waals surface area contributed by atoms with Crippen LogP contribution >= 0.6 is 0 Å². The maximum Gasteiger partial charge on any atom is 0.128 e. The van der Waals surface area contributed by atoms with Crippen LogP contribution in [0.2, 0.25) is 0 Å². The SMILES string of the molecule is CCCC(C)(F)CCc1ccc(N2CCNCC2)nc1. The van der Waals surface area contributed by atoms with Gasteiger partial charge in [0, 0.05) is 32.4 Å². The van der Waals surface area contributed by atoms with Gasteiger partial charge in [0.15, 0.2) is 0 Å². The summed E-state index contributed by atoms with van der Waals surface area (Å²) in [6.45, 7) is 7.78. The molecule has 0 bridgehead atoms. The molecule has 1 aliphatic heterocycles. The number of alkyl halides is 1. The summed E-state index contributed by atoms with van der Waals surface area (Å²) in [5.41, 5.74) is 0.0789. The highest BCUT2D eigenvalue weighted by atomic mass is 19.1. The molecule has 0 spiro atoms. The normalized spacial score (nSPS) is 18.9. The van der Waals surface area contributed by atoms with E-state index in [1.165, 1.54) is 0 Å². The number of halogens is 1. The third-order valence-electron chi connectivity index (χ3n) is 3.96. The lowest BCUT2D eigenvalue weighted by molar-refractivity contribution is 0.160. The molecule has 20 heavy (non-hydrogen) atoms. The molecule has 1 aromatic heterocycles. The Hall–Kier alpha value is -1.16. The molecule has 0 amide bonds. The second kappa shape index (κ2) is 7.02. The Bertz CT molecular complexity index is 397. The molecule has 0 aromatic carbocycles. The molecule has 112 valence electrons. The van der Waals surface area contributed by atoms with Crippen LogP contribution < -0.4 is 10.2 Å². The van der Waals surface area contributed by atoms with Crippen LogP contribution in [-0.2, 0) is 6.42 Å². The average Bonchev–Trinajstić information content (AvgIpc) is 2.47. The summed E-state index contributed by atoms with van der Waals surface area (Å²) in [6.07, 6.45) is 4.78. The van der Waals surface area contributed by atoms with Gasteiger partial charge < -0.3 is 10.2 Å². The summed E-state index contributed by atoms with van der Waals surface area (Å²) >= 11 is 0. The first-order chi connectivity index (χ1) is 9.61. The molecule has 0 radical (unpaired) electrons. The minimum Gasteiger partial charge on any atom is -0.354 e. The van der Waals surface area contributed by atoms with E-state index in [1.54, 1.807) is 6.92 Å². The number of hydrogen-bond donors (Lipinski definition) is 1. The van der Waals surface area contributed by atoms with Crippen LogP contribution in [0.3, 0.4) is 0 Å². The van der Waals surface area contributed by atoms with Crippen LogP contribution in [0, 0.1) is 0 Å². The molecule has 3 nitrogen and oxygen atoms in total. The third-order valence-corrected chi connectivity index (χ3v) is 3.96. The molecule has 1 N–H and O–H groups in total. The zero-order chi connectivity index (χ0) is 14.4. The molecule has 0 aliphatic carbocycles. The first-order valence-electron chi connectivity index (χ1n) is 7.70. The first-order valence-corrected chi connectivity index (χ1v) is 7.70. The Morgan fingerprint density at radius 3 is 2.65 bits per heavy atom. The molecule has 1 aliphatic rings. The van der Waals surface area contributed by atoms with Gasteiger partial charge in [-0.15, -0.1) is 0 Å². The molecule has 2 heterocycles. The maximum atomic E-state index is 14.1. The van der Waals surface area contributed by atoms with Crippen LogP contribution in [0.25, 0.3) is 0 Å². The molecule has 4 heteroatoms. The summed E-state index contributed by atoms with van der Waals surface area (Å²) in [5.74, 6) is 1.03. The van der Waals surface area contributed by atoms with Crippen molar-refractivity contribution in [3.05, 3.63) is 23.9 Å². The standard InChI is InChI=1S/C16H26FN3/c1-3-7-16(2,17)8-6-14-4-5-15(19-13-14)20-11-9-18-10-12-20/h4-5,13,18H,3,6-12H2,1-2H3. The van der Waals surface area contributed by atoms with Crippen molar-refractivity contribution in [3.8, 4) is 0 Å². The van der Waals surface area contributed by atoms with Crippen molar-refractivity contribution >= 4 is 5.82 Å². The van der Waals surface area contributed by atoms with E-state index in [0.29, 0.717) is 12.8 Å². The minimum atomic E-state index is -1.05. The topological polar surface area (TPSA) is 28.2 Å². The Kier molecular flexibility index (Phi) is 5.35. The van der Waals surface area contributed by atoms with Crippen LogP contribution in [-0.4, -0.2) is 36.8 Å². The molecule has 2 rings (SSSR count). The highest BCUT2D eigenvalue weighted by Crippen LogP contribution is 2.24. The van der Waals surface area contributed by atoms with Crippen molar-refractivity contribution in [2.75, 3.05) is 31.1 Å². The quantitative estimate of drug-likeness (QED) is 0.868. The summed E-state index contributed by atoms with van der Waals surface area (Å²) in [5, 5.41) is 3.33. The second-order valence-corrected chi connectivity index (χ2v) is 5.93. The highest BCUT2D eigenvalue weighted by Gasteiger charge is 2.21. The average molecular weight is 279 g/mol. The number of piperazine rings is 1. The monoisotopic (exact) mass is 279 g/mol. The lowest BCUT2D eigenvalue weighted by Gasteiger charge is -2.28. The molecule has 1 unspecified atom stereocenters. The number of aryl methyl sites for hydroxylation is 1. The Morgan fingerprint density at radius 2 is 2.05 bits per heavy atom. The van der Waals surface area contributed by atoms with Crippen molar-refractivity contribution in [2.24, 2.45) is 0 Å². The Balaban J connectivity index is 1.88. The molecule has 1 aromatic rings. The van der Waals surface area contributed by atoms with Gasteiger partial charge in [0.05, 0.1) is 0 Å². The number of nitrogens with zero attached hydrogens (tertiary/aromatic N) is 2. The maximum absolute atomic E-state index is 14.1. The highest BCUT2D eigenvalue weighted by molar-refractivity contribution is 5.39. The number of hydrogen-bond acceptors (Lipinski definition) is 3. The van der Waals surface area contributed by atoms with Gasteiger partial charge in [-0.25, -0.2) is 9.37 Å². The van der Waals surface area contributed by atoms with E-state index >= 15 is 0 Å². The Morgan fingerprint density at radius 1 is 1.30 bits per heavy atom. The number of pyridine rings is 1. The van der Waals surface area contributed by atoms with E-state index in [2.05, 4.69) is 27.3 Å². The van der Waals surface area contributed by atoms with Crippen molar-refractivity contribution in [2.45, 2.75) is 45.2 Å². The van der Waals surface area contributed by atoms with Gasteiger partial charge in [0.1, 0.15) is 11.5 Å². The molecule has 1 fully saturated rings. The van der Waals surface area contributed by atoms with Crippen LogP contribution in [0.5, 0.6) is 0 Å². The summed E-state index contributed by atoms with van der Waals surface area (Å²) < 4.78 is 14.1. The number of rotatable bonds is 6. The fourth-order valence-electron chi connectivity index (χ4n) is 2.70. The first kappa shape index (κ1) is 15.2. The van der Waals surface area contributed by atoms with Gasteiger partial charge in [-0.3, -0.25) is 0 Å². The minimum absolute atomic E-state index is 0.579. The predicted molar refractivity (Wildman–Crippen MR) is 82.1 cm³/mol. The van der Waals surface area contributed by atoms with Gasteiger partial charge in [-0.2, -0.15) is 0 Å². The van der Waals surface area contributed by atoms with Crippen LogP contribution in [0.4, 0.5) is 10.2 Å². The van der Waals surface area contributed by atoms with E-state index in [9.17, 15) is 4.39 Å². The number of nitrogens with one attached hydrogen (secondary N) is 1. The number of anilines is 1.